The number of nitrogens with zero attached hydrogens (tertiary/aromatic N) is 4. The van der Waals surface area contributed by atoms with Crippen LogP contribution in [0.5, 0.6) is 0 Å². The molecule has 1 aliphatic rings. The van der Waals surface area contributed by atoms with Crippen LogP contribution in [0.15, 0.2) is 40.6 Å². The number of aromatic nitrogens is 3. The highest BCUT2D eigenvalue weighted by atomic mass is 32.2. The van der Waals surface area contributed by atoms with Gasteiger partial charge in [-0.3, -0.25) is 0 Å². The molecule has 1 aromatic heterocycles. The molecule has 1 aliphatic heterocycles. The Balaban J connectivity index is 1.93. The zero-order valence-corrected chi connectivity index (χ0v) is 9.89. The molecule has 0 saturated carbocycles. The highest BCUT2D eigenvalue weighted by Gasteiger charge is 2.17. The fourth-order valence-corrected chi connectivity index (χ4v) is 2.37. The standard InChI is InChI=1S/C11H11N5S/c12-9-7-17-11-14-13-10(16(11)15-9)6-8-4-2-1-3-5-8/h1-5H,6-7H2,(H2,12,15). The molecule has 2 N–H and O–H groups in total. The first-order valence-corrected chi connectivity index (χ1v) is 6.26. The van der Waals surface area contributed by atoms with E-state index in [9.17, 15) is 0 Å². The molecular weight excluding hydrogens is 234 g/mol. The van der Waals surface area contributed by atoms with Crippen molar-refractivity contribution >= 4 is 17.6 Å². The number of thioether (sulfide) groups is 1. The Kier molecular flexibility index (Phi) is 2.56. The van der Waals surface area contributed by atoms with E-state index in [1.54, 1.807) is 16.4 Å². The first kappa shape index (κ1) is 10.3. The third-order valence-electron chi connectivity index (χ3n) is 2.46. The number of hydrogen-bond acceptors (Lipinski definition) is 5. The second kappa shape index (κ2) is 4.21. The molecule has 0 radical (unpaired) electrons. The molecule has 0 bridgehead atoms. The van der Waals surface area contributed by atoms with Crippen LogP contribution >= 0.6 is 11.8 Å². The largest absolute Gasteiger partial charge is 0.385 e. The number of rotatable bonds is 2. The third kappa shape index (κ3) is 2.03. The summed E-state index contributed by atoms with van der Waals surface area (Å²) in [5, 5.41) is 13.3. The van der Waals surface area contributed by atoms with Crippen LogP contribution in [0, 0.1) is 0 Å². The summed E-state index contributed by atoms with van der Waals surface area (Å²) in [4.78, 5) is 0. The fourth-order valence-electron chi connectivity index (χ4n) is 1.67. The van der Waals surface area contributed by atoms with Crippen molar-refractivity contribution in [2.45, 2.75) is 11.6 Å². The van der Waals surface area contributed by atoms with E-state index in [2.05, 4.69) is 27.4 Å². The number of nitrogens with two attached hydrogens (primary N) is 1. The molecule has 2 heterocycles. The van der Waals surface area contributed by atoms with Crippen LogP contribution < -0.4 is 5.73 Å². The maximum Gasteiger partial charge on any atom is 0.212 e. The maximum atomic E-state index is 5.72. The molecule has 6 heteroatoms. The van der Waals surface area contributed by atoms with E-state index in [1.165, 1.54) is 5.56 Å². The summed E-state index contributed by atoms with van der Waals surface area (Å²) < 4.78 is 1.73. The van der Waals surface area contributed by atoms with Gasteiger partial charge in [-0.25, -0.2) is 0 Å². The van der Waals surface area contributed by atoms with Crippen molar-refractivity contribution in [3.63, 3.8) is 0 Å². The fraction of sp³-hybridized carbons (Fsp3) is 0.182. The minimum atomic E-state index is 0.608. The number of fused-ring (bicyclic) bond motifs is 1. The lowest BCUT2D eigenvalue weighted by atomic mass is 10.1. The van der Waals surface area contributed by atoms with E-state index < -0.39 is 0 Å². The minimum Gasteiger partial charge on any atom is -0.385 e. The van der Waals surface area contributed by atoms with Gasteiger partial charge in [0.2, 0.25) is 5.16 Å². The summed E-state index contributed by atoms with van der Waals surface area (Å²) >= 11 is 1.56. The number of hydrogen-bond donors (Lipinski definition) is 1. The average Bonchev–Trinajstić information content (AvgIpc) is 2.73. The van der Waals surface area contributed by atoms with Gasteiger partial charge in [0, 0.05) is 6.42 Å². The Morgan fingerprint density at radius 3 is 2.88 bits per heavy atom. The molecule has 0 atom stereocenters. The topological polar surface area (TPSA) is 69.1 Å². The van der Waals surface area contributed by atoms with Gasteiger partial charge in [-0.2, -0.15) is 9.78 Å². The van der Waals surface area contributed by atoms with Crippen LogP contribution in [0.3, 0.4) is 0 Å². The SMILES string of the molecule is NC1=Nn2c(Cc3ccccc3)nnc2SC1. The monoisotopic (exact) mass is 245 g/mol. The molecule has 0 fully saturated rings. The number of benzene rings is 1. The van der Waals surface area contributed by atoms with Crippen molar-refractivity contribution in [1.29, 1.82) is 0 Å². The van der Waals surface area contributed by atoms with Crippen molar-refractivity contribution in [3.05, 3.63) is 41.7 Å². The molecule has 5 nitrogen and oxygen atoms in total. The smallest absolute Gasteiger partial charge is 0.212 e. The van der Waals surface area contributed by atoms with E-state index in [-0.39, 0.29) is 0 Å². The summed E-state index contributed by atoms with van der Waals surface area (Å²) in [5.74, 6) is 2.11. The predicted molar refractivity (Wildman–Crippen MR) is 67.0 cm³/mol. The van der Waals surface area contributed by atoms with Gasteiger partial charge in [0.15, 0.2) is 5.82 Å². The maximum absolute atomic E-state index is 5.72. The van der Waals surface area contributed by atoms with Gasteiger partial charge in [-0.05, 0) is 5.56 Å². The van der Waals surface area contributed by atoms with Gasteiger partial charge in [0.25, 0.3) is 0 Å². The van der Waals surface area contributed by atoms with Gasteiger partial charge >= 0.3 is 0 Å². The van der Waals surface area contributed by atoms with Crippen LogP contribution in [0.1, 0.15) is 11.4 Å². The lowest BCUT2D eigenvalue weighted by Crippen LogP contribution is -2.21. The van der Waals surface area contributed by atoms with E-state index in [1.807, 2.05) is 18.2 Å². The summed E-state index contributed by atoms with van der Waals surface area (Å²) in [6.45, 7) is 0. The second-order valence-corrected chi connectivity index (χ2v) is 4.70. The predicted octanol–water partition coefficient (Wildman–Crippen LogP) is 1.09. The van der Waals surface area contributed by atoms with Gasteiger partial charge in [0.05, 0.1) is 5.75 Å². The van der Waals surface area contributed by atoms with E-state index in [0.29, 0.717) is 18.0 Å². The number of amidine groups is 1. The zero-order valence-electron chi connectivity index (χ0n) is 9.08. The molecule has 3 rings (SSSR count). The summed E-state index contributed by atoms with van der Waals surface area (Å²) in [7, 11) is 0. The van der Waals surface area contributed by atoms with Gasteiger partial charge in [-0.1, -0.05) is 42.1 Å². The lowest BCUT2D eigenvalue weighted by Gasteiger charge is -2.10. The minimum absolute atomic E-state index is 0.608. The van der Waals surface area contributed by atoms with Gasteiger partial charge < -0.3 is 5.73 Å². The summed E-state index contributed by atoms with van der Waals surface area (Å²) in [6.07, 6.45) is 0.713. The molecule has 0 saturated heterocycles. The Hall–Kier alpha value is -1.82. The lowest BCUT2D eigenvalue weighted by molar-refractivity contribution is 0.718. The second-order valence-electron chi connectivity index (χ2n) is 3.75. The zero-order chi connectivity index (χ0) is 11.7. The highest BCUT2D eigenvalue weighted by molar-refractivity contribution is 7.99. The van der Waals surface area contributed by atoms with E-state index in [4.69, 9.17) is 5.73 Å². The Labute approximate surface area is 103 Å². The van der Waals surface area contributed by atoms with Crippen LogP contribution in [0.4, 0.5) is 0 Å². The molecular formula is C11H11N5S. The van der Waals surface area contributed by atoms with Crippen molar-refractivity contribution in [2.75, 3.05) is 5.75 Å². The molecule has 1 aromatic carbocycles. The Morgan fingerprint density at radius 1 is 1.24 bits per heavy atom. The molecule has 0 aliphatic carbocycles. The van der Waals surface area contributed by atoms with Crippen LogP contribution in [0.25, 0.3) is 0 Å². The Bertz CT molecular complexity index is 560. The van der Waals surface area contributed by atoms with Crippen LogP contribution in [-0.2, 0) is 6.42 Å². The summed E-state index contributed by atoms with van der Waals surface area (Å²) in [5.41, 5.74) is 6.91. The first-order valence-electron chi connectivity index (χ1n) is 5.27. The van der Waals surface area contributed by atoms with Crippen molar-refractivity contribution < 1.29 is 0 Å². The highest BCUT2D eigenvalue weighted by Crippen LogP contribution is 2.21. The van der Waals surface area contributed by atoms with E-state index >= 15 is 0 Å². The molecule has 0 unspecified atom stereocenters. The molecule has 0 amide bonds. The quantitative estimate of drug-likeness (QED) is 0.860. The average molecular weight is 245 g/mol. The van der Waals surface area contributed by atoms with Gasteiger partial charge in [0.1, 0.15) is 5.84 Å². The van der Waals surface area contributed by atoms with Crippen LogP contribution in [0.2, 0.25) is 0 Å². The molecule has 2 aromatic rings. The van der Waals surface area contributed by atoms with Crippen molar-refractivity contribution in [1.82, 2.24) is 14.9 Å². The molecule has 86 valence electrons. The van der Waals surface area contributed by atoms with Crippen molar-refractivity contribution in [3.8, 4) is 0 Å². The first-order chi connectivity index (χ1) is 8.33. The Morgan fingerprint density at radius 2 is 2.06 bits per heavy atom. The van der Waals surface area contributed by atoms with Crippen LogP contribution in [-0.4, -0.2) is 26.5 Å². The molecule has 0 spiro atoms. The van der Waals surface area contributed by atoms with E-state index in [0.717, 1.165) is 11.0 Å². The molecule has 17 heavy (non-hydrogen) atoms. The van der Waals surface area contributed by atoms with Gasteiger partial charge in [-0.15, -0.1) is 10.2 Å². The van der Waals surface area contributed by atoms with Crippen molar-refractivity contribution in [2.24, 2.45) is 10.8 Å². The summed E-state index contributed by atoms with van der Waals surface area (Å²) in [6, 6.07) is 10.1. The normalized spacial score (nSPS) is 14.2. The third-order valence-corrected chi connectivity index (χ3v) is 3.41.